The monoisotopic (exact) mass is 460 g/mol. The van der Waals surface area contributed by atoms with Gasteiger partial charge in [0.1, 0.15) is 24.4 Å². The molecule has 7 atom stereocenters. The molecule has 0 aromatic rings. The Hall–Kier alpha value is -0.240. The summed E-state index contributed by atoms with van der Waals surface area (Å²) < 4.78 is 11.5. The Bertz CT molecular complexity index is 433. The molecule has 0 bridgehead atoms. The third kappa shape index (κ3) is 11.3. The summed E-state index contributed by atoms with van der Waals surface area (Å²) in [5.41, 5.74) is 0. The van der Waals surface area contributed by atoms with Crippen LogP contribution in [0.15, 0.2) is 0 Å². The summed E-state index contributed by atoms with van der Waals surface area (Å²) in [4.78, 5) is 0. The summed E-state index contributed by atoms with van der Waals surface area (Å²) in [6.45, 7) is 6.78. The summed E-state index contributed by atoms with van der Waals surface area (Å²) in [6, 6.07) is 0. The first-order chi connectivity index (χ1) is 15.5. The molecule has 0 aromatic carbocycles. The van der Waals surface area contributed by atoms with E-state index in [4.69, 9.17) is 9.47 Å². The second kappa shape index (κ2) is 18.1. The Kier molecular flexibility index (Phi) is 16.9. The average Bonchev–Trinajstić information content (AvgIpc) is 2.79. The van der Waals surface area contributed by atoms with Crippen LogP contribution in [0.1, 0.15) is 111 Å². The number of hydrogen-bond donors (Lipinski definition) is 4. The summed E-state index contributed by atoms with van der Waals surface area (Å²) in [6.07, 6.45) is 11.6. The highest BCUT2D eigenvalue weighted by Gasteiger charge is 2.44. The quantitative estimate of drug-likeness (QED) is 0.211. The van der Waals surface area contributed by atoms with Gasteiger partial charge in [-0.1, -0.05) is 104 Å². The van der Waals surface area contributed by atoms with Crippen molar-refractivity contribution in [2.75, 3.05) is 13.2 Å². The molecule has 192 valence electrons. The van der Waals surface area contributed by atoms with E-state index >= 15 is 0 Å². The number of unbranched alkanes of at least 4 members (excludes halogenated alkanes) is 10. The van der Waals surface area contributed by atoms with Crippen molar-refractivity contribution in [1.29, 1.82) is 0 Å². The SMILES string of the molecule is CCCCCCCCCCC(COC1O[C@H](CO)[C@H](O)[C@H](O)[C@H]1O)C(C)CCCCCC. The van der Waals surface area contributed by atoms with Crippen LogP contribution in [0.2, 0.25) is 0 Å². The van der Waals surface area contributed by atoms with Gasteiger partial charge in [0.15, 0.2) is 6.29 Å². The molecular weight excluding hydrogens is 408 g/mol. The van der Waals surface area contributed by atoms with Gasteiger partial charge in [0.05, 0.1) is 13.2 Å². The first-order valence-corrected chi connectivity index (χ1v) is 13.4. The smallest absolute Gasteiger partial charge is 0.186 e. The maximum absolute atomic E-state index is 10.3. The molecule has 6 heteroatoms. The van der Waals surface area contributed by atoms with Crippen molar-refractivity contribution in [1.82, 2.24) is 0 Å². The molecule has 1 aliphatic rings. The van der Waals surface area contributed by atoms with Crippen LogP contribution in [0, 0.1) is 11.8 Å². The number of ether oxygens (including phenoxy) is 2. The molecule has 1 fully saturated rings. The van der Waals surface area contributed by atoms with Gasteiger partial charge >= 0.3 is 0 Å². The molecule has 1 aliphatic heterocycles. The van der Waals surface area contributed by atoms with E-state index in [1.54, 1.807) is 0 Å². The molecular formula is C26H52O6. The van der Waals surface area contributed by atoms with E-state index in [2.05, 4.69) is 20.8 Å². The highest BCUT2D eigenvalue weighted by Crippen LogP contribution is 2.28. The van der Waals surface area contributed by atoms with Crippen molar-refractivity contribution in [2.24, 2.45) is 11.8 Å². The van der Waals surface area contributed by atoms with E-state index in [9.17, 15) is 20.4 Å². The minimum Gasteiger partial charge on any atom is -0.394 e. The van der Waals surface area contributed by atoms with Gasteiger partial charge in [-0.3, -0.25) is 0 Å². The van der Waals surface area contributed by atoms with Crippen LogP contribution in [0.25, 0.3) is 0 Å². The Morgan fingerprint density at radius 1 is 0.719 bits per heavy atom. The maximum atomic E-state index is 10.3. The molecule has 0 saturated carbocycles. The second-order valence-corrected chi connectivity index (χ2v) is 9.88. The zero-order chi connectivity index (χ0) is 23.8. The second-order valence-electron chi connectivity index (χ2n) is 9.88. The maximum Gasteiger partial charge on any atom is 0.186 e. The van der Waals surface area contributed by atoms with Crippen LogP contribution in [-0.4, -0.2) is 64.3 Å². The molecule has 0 amide bonds. The van der Waals surface area contributed by atoms with Crippen LogP contribution in [0.3, 0.4) is 0 Å². The lowest BCUT2D eigenvalue weighted by Crippen LogP contribution is -2.59. The lowest BCUT2D eigenvalue weighted by Gasteiger charge is -2.40. The van der Waals surface area contributed by atoms with E-state index in [0.29, 0.717) is 18.4 Å². The summed E-state index contributed by atoms with van der Waals surface area (Å²) >= 11 is 0. The first-order valence-electron chi connectivity index (χ1n) is 13.4. The largest absolute Gasteiger partial charge is 0.394 e. The van der Waals surface area contributed by atoms with Crippen LogP contribution in [-0.2, 0) is 9.47 Å². The van der Waals surface area contributed by atoms with Crippen molar-refractivity contribution in [2.45, 2.75) is 141 Å². The van der Waals surface area contributed by atoms with Gasteiger partial charge < -0.3 is 29.9 Å². The Labute approximate surface area is 196 Å². The van der Waals surface area contributed by atoms with Crippen LogP contribution >= 0.6 is 0 Å². The third-order valence-electron chi connectivity index (χ3n) is 7.07. The lowest BCUT2D eigenvalue weighted by molar-refractivity contribution is -0.304. The minimum atomic E-state index is -1.39. The fourth-order valence-electron chi connectivity index (χ4n) is 4.62. The van der Waals surface area contributed by atoms with Crippen molar-refractivity contribution in [3.8, 4) is 0 Å². The summed E-state index contributed by atoms with van der Waals surface area (Å²) in [5, 5.41) is 39.6. The van der Waals surface area contributed by atoms with E-state index in [0.717, 1.165) is 6.42 Å². The molecule has 0 aromatic heterocycles. The zero-order valence-corrected chi connectivity index (χ0v) is 21.0. The highest BCUT2D eigenvalue weighted by molar-refractivity contribution is 4.89. The number of hydrogen-bond acceptors (Lipinski definition) is 6. The normalized spacial score (nSPS) is 28.0. The van der Waals surface area contributed by atoms with E-state index in [-0.39, 0.29) is 0 Å². The van der Waals surface area contributed by atoms with Crippen LogP contribution in [0.4, 0.5) is 0 Å². The Morgan fingerprint density at radius 3 is 1.84 bits per heavy atom. The third-order valence-corrected chi connectivity index (χ3v) is 7.07. The van der Waals surface area contributed by atoms with E-state index < -0.39 is 37.3 Å². The molecule has 32 heavy (non-hydrogen) atoms. The molecule has 3 unspecified atom stereocenters. The van der Waals surface area contributed by atoms with Crippen LogP contribution < -0.4 is 0 Å². The van der Waals surface area contributed by atoms with Gasteiger partial charge in [-0.05, 0) is 18.3 Å². The van der Waals surface area contributed by atoms with E-state index in [1.807, 2.05) is 0 Å². The van der Waals surface area contributed by atoms with Gasteiger partial charge in [-0.25, -0.2) is 0 Å². The highest BCUT2D eigenvalue weighted by atomic mass is 16.7. The topological polar surface area (TPSA) is 99.4 Å². The van der Waals surface area contributed by atoms with Crippen molar-refractivity contribution in [3.05, 3.63) is 0 Å². The lowest BCUT2D eigenvalue weighted by atomic mass is 9.85. The van der Waals surface area contributed by atoms with E-state index in [1.165, 1.54) is 83.5 Å². The molecule has 1 saturated heterocycles. The predicted octanol–water partition coefficient (Wildman–Crippen LogP) is 4.56. The number of rotatable bonds is 19. The predicted molar refractivity (Wildman–Crippen MR) is 128 cm³/mol. The van der Waals surface area contributed by atoms with Crippen molar-refractivity contribution < 1.29 is 29.9 Å². The molecule has 0 aliphatic carbocycles. The molecule has 0 radical (unpaired) electrons. The molecule has 4 N–H and O–H groups in total. The standard InChI is InChI=1S/C26H52O6/c1-4-6-8-10-11-12-13-15-17-21(20(3)16-14-9-7-5-2)19-31-26-25(30)24(29)23(28)22(18-27)32-26/h20-30H,4-19H2,1-3H3/t20?,21?,22-,23+,24+,25-,26?/m1/s1. The number of aliphatic hydroxyl groups excluding tert-OH is 4. The van der Waals surface area contributed by atoms with Crippen molar-refractivity contribution in [3.63, 3.8) is 0 Å². The van der Waals surface area contributed by atoms with Gasteiger partial charge in [0.25, 0.3) is 0 Å². The van der Waals surface area contributed by atoms with Crippen LogP contribution in [0.5, 0.6) is 0 Å². The fourth-order valence-corrected chi connectivity index (χ4v) is 4.62. The van der Waals surface area contributed by atoms with Gasteiger partial charge in [0, 0.05) is 0 Å². The molecule has 1 heterocycles. The summed E-state index contributed by atoms with van der Waals surface area (Å²) in [5.74, 6) is 0.880. The molecule has 6 nitrogen and oxygen atoms in total. The Morgan fingerprint density at radius 2 is 1.25 bits per heavy atom. The van der Waals surface area contributed by atoms with Gasteiger partial charge in [-0.2, -0.15) is 0 Å². The van der Waals surface area contributed by atoms with Crippen molar-refractivity contribution >= 4 is 0 Å². The Balaban J connectivity index is 2.50. The van der Waals surface area contributed by atoms with Gasteiger partial charge in [-0.15, -0.1) is 0 Å². The minimum absolute atomic E-state index is 0.365. The first kappa shape index (κ1) is 29.8. The molecule has 1 rings (SSSR count). The summed E-state index contributed by atoms with van der Waals surface area (Å²) in [7, 11) is 0. The average molecular weight is 461 g/mol. The van der Waals surface area contributed by atoms with Gasteiger partial charge in [0.2, 0.25) is 0 Å². The fraction of sp³-hybridized carbons (Fsp3) is 1.00. The zero-order valence-electron chi connectivity index (χ0n) is 21.0. The number of aliphatic hydroxyl groups is 4. The molecule has 0 spiro atoms.